The number of carbonyl (C=O) groups is 1. The van der Waals surface area contributed by atoms with E-state index in [1.807, 2.05) is 27.7 Å². The molecule has 124 valence electrons. The summed E-state index contributed by atoms with van der Waals surface area (Å²) in [5.41, 5.74) is 5.23. The maximum Gasteiger partial charge on any atom is 0.410 e. The van der Waals surface area contributed by atoms with Crippen molar-refractivity contribution in [2.24, 2.45) is 16.6 Å². The van der Waals surface area contributed by atoms with E-state index in [9.17, 15) is 4.79 Å². The van der Waals surface area contributed by atoms with Crippen molar-refractivity contribution in [2.75, 3.05) is 40.4 Å². The van der Waals surface area contributed by atoms with Gasteiger partial charge in [0, 0.05) is 33.8 Å². The molecular weight excluding hydrogens is 272 g/mol. The summed E-state index contributed by atoms with van der Waals surface area (Å²) in [6.45, 7) is 9.84. The van der Waals surface area contributed by atoms with Gasteiger partial charge in [-0.15, -0.1) is 0 Å². The van der Waals surface area contributed by atoms with Gasteiger partial charge in [-0.2, -0.15) is 0 Å². The number of methoxy groups -OCH3 is 1. The molecule has 0 heterocycles. The highest BCUT2D eigenvalue weighted by atomic mass is 16.6. The number of hydrogen-bond acceptors (Lipinski definition) is 4. The summed E-state index contributed by atoms with van der Waals surface area (Å²) >= 11 is 0. The SMILES string of the molecule is COCCNC(N)=NCC(C)CN(C)C(=O)OC(C)(C)C. The van der Waals surface area contributed by atoms with Crippen LogP contribution in [0, 0.1) is 5.92 Å². The average molecular weight is 302 g/mol. The third-order valence-corrected chi connectivity index (χ3v) is 2.48. The number of carbonyl (C=O) groups excluding carboxylic acids is 1. The van der Waals surface area contributed by atoms with Gasteiger partial charge in [-0.25, -0.2) is 4.79 Å². The second-order valence-corrected chi connectivity index (χ2v) is 6.11. The van der Waals surface area contributed by atoms with E-state index in [4.69, 9.17) is 15.2 Å². The number of nitrogens with one attached hydrogen (secondary N) is 1. The molecule has 1 unspecified atom stereocenters. The van der Waals surface area contributed by atoms with Crippen LogP contribution in [0.15, 0.2) is 4.99 Å². The maximum absolute atomic E-state index is 11.8. The van der Waals surface area contributed by atoms with Gasteiger partial charge in [-0.3, -0.25) is 4.99 Å². The fourth-order valence-corrected chi connectivity index (χ4v) is 1.53. The van der Waals surface area contributed by atoms with Crippen LogP contribution in [0.2, 0.25) is 0 Å². The van der Waals surface area contributed by atoms with E-state index >= 15 is 0 Å². The van der Waals surface area contributed by atoms with Crippen LogP contribution in [0.5, 0.6) is 0 Å². The van der Waals surface area contributed by atoms with E-state index in [0.717, 1.165) is 0 Å². The quantitative estimate of drug-likeness (QED) is 0.417. The van der Waals surface area contributed by atoms with Gasteiger partial charge in [-0.1, -0.05) is 6.92 Å². The molecule has 0 aliphatic rings. The summed E-state index contributed by atoms with van der Waals surface area (Å²) < 4.78 is 10.2. The summed E-state index contributed by atoms with van der Waals surface area (Å²) in [5.74, 6) is 0.573. The molecule has 0 bridgehead atoms. The van der Waals surface area contributed by atoms with Gasteiger partial charge in [0.2, 0.25) is 0 Å². The first-order valence-corrected chi connectivity index (χ1v) is 7.12. The normalized spacial score (nSPS) is 13.7. The Morgan fingerprint density at radius 2 is 2.05 bits per heavy atom. The maximum atomic E-state index is 11.8. The van der Waals surface area contributed by atoms with Crippen LogP contribution in [0.25, 0.3) is 0 Å². The van der Waals surface area contributed by atoms with Gasteiger partial charge in [0.15, 0.2) is 5.96 Å². The topological polar surface area (TPSA) is 89.2 Å². The van der Waals surface area contributed by atoms with E-state index in [1.54, 1.807) is 19.1 Å². The summed E-state index contributed by atoms with van der Waals surface area (Å²) in [6.07, 6.45) is -0.329. The number of nitrogens with two attached hydrogens (primary N) is 1. The second kappa shape index (κ2) is 9.44. The smallest absolute Gasteiger partial charge is 0.410 e. The van der Waals surface area contributed by atoms with Crippen LogP contribution in [-0.2, 0) is 9.47 Å². The number of guanidine groups is 1. The summed E-state index contributed by atoms with van der Waals surface area (Å²) in [7, 11) is 3.35. The minimum absolute atomic E-state index is 0.185. The van der Waals surface area contributed by atoms with Crippen molar-refractivity contribution in [3.63, 3.8) is 0 Å². The van der Waals surface area contributed by atoms with Gasteiger partial charge in [0.05, 0.1) is 6.61 Å². The zero-order valence-electron chi connectivity index (χ0n) is 14.1. The Bertz CT molecular complexity index is 340. The Morgan fingerprint density at radius 3 is 2.57 bits per heavy atom. The number of rotatable bonds is 7. The lowest BCUT2D eigenvalue weighted by Crippen LogP contribution is -2.38. The van der Waals surface area contributed by atoms with Gasteiger partial charge in [-0.05, 0) is 26.7 Å². The Balaban J connectivity index is 4.10. The molecule has 0 aliphatic carbocycles. The molecule has 0 fully saturated rings. The van der Waals surface area contributed by atoms with Crippen molar-refractivity contribution in [3.05, 3.63) is 0 Å². The van der Waals surface area contributed by atoms with Crippen molar-refractivity contribution in [3.8, 4) is 0 Å². The molecule has 0 saturated heterocycles. The fraction of sp³-hybridized carbons (Fsp3) is 0.857. The van der Waals surface area contributed by atoms with Gasteiger partial charge in [0.1, 0.15) is 5.60 Å². The molecule has 3 N–H and O–H groups in total. The molecule has 0 aromatic rings. The monoisotopic (exact) mass is 302 g/mol. The predicted molar refractivity (Wildman–Crippen MR) is 84.4 cm³/mol. The largest absolute Gasteiger partial charge is 0.444 e. The molecule has 0 aromatic carbocycles. The van der Waals surface area contributed by atoms with Crippen molar-refractivity contribution < 1.29 is 14.3 Å². The molecule has 0 aromatic heterocycles. The minimum Gasteiger partial charge on any atom is -0.444 e. The summed E-state index contributed by atoms with van der Waals surface area (Å²) in [5, 5.41) is 2.94. The fourth-order valence-electron chi connectivity index (χ4n) is 1.53. The summed E-state index contributed by atoms with van der Waals surface area (Å²) in [4.78, 5) is 17.6. The predicted octanol–water partition coefficient (Wildman–Crippen LogP) is 1.04. The zero-order chi connectivity index (χ0) is 16.5. The van der Waals surface area contributed by atoms with Crippen LogP contribution in [0.3, 0.4) is 0 Å². The molecule has 1 amide bonds. The molecule has 0 aliphatic heterocycles. The summed E-state index contributed by atoms with van der Waals surface area (Å²) in [6, 6.07) is 0. The molecule has 21 heavy (non-hydrogen) atoms. The zero-order valence-corrected chi connectivity index (χ0v) is 14.1. The lowest BCUT2D eigenvalue weighted by atomic mass is 10.2. The first-order valence-electron chi connectivity index (χ1n) is 7.12. The van der Waals surface area contributed by atoms with Crippen LogP contribution >= 0.6 is 0 Å². The second-order valence-electron chi connectivity index (χ2n) is 6.11. The molecule has 0 radical (unpaired) electrons. The Kier molecular flexibility index (Phi) is 8.76. The molecule has 0 rings (SSSR count). The van der Waals surface area contributed by atoms with Crippen LogP contribution in [0.1, 0.15) is 27.7 Å². The number of aliphatic imine (C=N–C) groups is 1. The van der Waals surface area contributed by atoms with Crippen molar-refractivity contribution in [1.29, 1.82) is 0 Å². The first kappa shape index (κ1) is 19.5. The highest BCUT2D eigenvalue weighted by Crippen LogP contribution is 2.10. The number of nitrogens with zero attached hydrogens (tertiary/aromatic N) is 2. The highest BCUT2D eigenvalue weighted by molar-refractivity contribution is 5.77. The van der Waals surface area contributed by atoms with E-state index in [1.165, 1.54) is 0 Å². The molecule has 0 saturated carbocycles. The minimum atomic E-state index is -0.484. The number of hydrogen-bond donors (Lipinski definition) is 2. The lowest BCUT2D eigenvalue weighted by Gasteiger charge is -2.26. The van der Waals surface area contributed by atoms with Gasteiger partial charge < -0.3 is 25.4 Å². The standard InChI is InChI=1S/C14H30N4O3/c1-11(9-17-12(15)16-7-8-20-6)10-18(5)13(19)21-14(2,3)4/h11H,7-10H2,1-6H3,(H3,15,16,17). The van der Waals surface area contributed by atoms with Crippen molar-refractivity contribution >= 4 is 12.1 Å². The number of amides is 1. The van der Waals surface area contributed by atoms with Crippen molar-refractivity contribution in [2.45, 2.75) is 33.3 Å². The van der Waals surface area contributed by atoms with Crippen LogP contribution in [0.4, 0.5) is 4.79 Å². The molecule has 7 heteroatoms. The van der Waals surface area contributed by atoms with E-state index in [0.29, 0.717) is 32.2 Å². The Hall–Kier alpha value is -1.50. The van der Waals surface area contributed by atoms with Gasteiger partial charge in [0.25, 0.3) is 0 Å². The first-order chi connectivity index (χ1) is 9.65. The third kappa shape index (κ3) is 10.9. The van der Waals surface area contributed by atoms with E-state index < -0.39 is 5.60 Å². The molecule has 7 nitrogen and oxygen atoms in total. The molecule has 1 atom stereocenters. The average Bonchev–Trinajstić information content (AvgIpc) is 2.34. The third-order valence-electron chi connectivity index (χ3n) is 2.48. The van der Waals surface area contributed by atoms with Crippen LogP contribution < -0.4 is 11.1 Å². The highest BCUT2D eigenvalue weighted by Gasteiger charge is 2.20. The lowest BCUT2D eigenvalue weighted by molar-refractivity contribution is 0.0279. The van der Waals surface area contributed by atoms with Crippen molar-refractivity contribution in [1.82, 2.24) is 10.2 Å². The Morgan fingerprint density at radius 1 is 1.43 bits per heavy atom. The molecular formula is C14H30N4O3. The van der Waals surface area contributed by atoms with E-state index in [-0.39, 0.29) is 12.0 Å². The van der Waals surface area contributed by atoms with Crippen LogP contribution in [-0.4, -0.2) is 63.0 Å². The Labute approximate surface area is 127 Å². The van der Waals surface area contributed by atoms with E-state index in [2.05, 4.69) is 10.3 Å². The number of ether oxygens (including phenoxy) is 2. The molecule has 0 spiro atoms. The van der Waals surface area contributed by atoms with Gasteiger partial charge >= 0.3 is 6.09 Å².